The van der Waals surface area contributed by atoms with Crippen LogP contribution in [0.4, 0.5) is 0 Å². The first-order chi connectivity index (χ1) is 15.4. The van der Waals surface area contributed by atoms with Crippen LogP contribution in [0.15, 0.2) is 42.7 Å². The molecule has 0 bridgehead atoms. The minimum absolute atomic E-state index is 0.0909. The minimum atomic E-state index is -0.358. The monoisotopic (exact) mass is 450 g/mol. The van der Waals surface area contributed by atoms with Crippen LogP contribution in [0.5, 0.6) is 0 Å². The summed E-state index contributed by atoms with van der Waals surface area (Å²) in [6.45, 7) is 6.65. The van der Waals surface area contributed by atoms with Crippen molar-refractivity contribution in [1.82, 2.24) is 29.9 Å². The molecule has 0 saturated carbocycles. The van der Waals surface area contributed by atoms with Gasteiger partial charge in [0.2, 0.25) is 0 Å². The highest BCUT2D eigenvalue weighted by molar-refractivity contribution is 6.32. The Morgan fingerprint density at radius 1 is 1.19 bits per heavy atom. The number of hydrogen-bond donors (Lipinski definition) is 1. The number of hydrogen-bond acceptors (Lipinski definition) is 5. The Bertz CT molecular complexity index is 1300. The molecule has 32 heavy (non-hydrogen) atoms. The van der Waals surface area contributed by atoms with Crippen LogP contribution in [0.1, 0.15) is 40.3 Å². The van der Waals surface area contributed by atoms with E-state index in [0.29, 0.717) is 35.2 Å². The molecular weight excluding hydrogens is 428 g/mol. The fourth-order valence-electron chi connectivity index (χ4n) is 4.11. The molecule has 9 heteroatoms. The summed E-state index contributed by atoms with van der Waals surface area (Å²) in [5, 5.41) is 9.10. The molecular formula is C23H23ClN6O2. The van der Waals surface area contributed by atoms with Gasteiger partial charge in [-0.3, -0.25) is 4.79 Å². The molecule has 1 aliphatic rings. The number of nitrogens with zero attached hydrogens (tertiary/aromatic N) is 5. The summed E-state index contributed by atoms with van der Waals surface area (Å²) in [6.07, 6.45) is 3.09. The fraction of sp³-hybridized carbons (Fsp3) is 0.304. The molecule has 164 valence electrons. The smallest absolute Gasteiger partial charge is 0.256 e. The fourth-order valence-corrected chi connectivity index (χ4v) is 4.26. The molecule has 1 saturated heterocycles. The van der Waals surface area contributed by atoms with Crippen LogP contribution < -0.4 is 0 Å². The number of halogens is 1. The SMILES string of the molecule is Cc1ccc(-n2nccn2)c(C(=O)N2C[C@@H](C)OC[C@@H]2c2nc3c(C)c(Cl)ccc3[nH]2)c1. The molecule has 0 unspecified atom stereocenters. The van der Waals surface area contributed by atoms with Crippen LogP contribution in [0.25, 0.3) is 16.7 Å². The third-order valence-corrected chi connectivity index (χ3v) is 6.23. The molecule has 0 spiro atoms. The quantitative estimate of drug-likeness (QED) is 0.509. The largest absolute Gasteiger partial charge is 0.374 e. The summed E-state index contributed by atoms with van der Waals surface area (Å²) in [4.78, 5) is 25.3. The molecule has 1 aliphatic heterocycles. The van der Waals surface area contributed by atoms with E-state index in [1.165, 1.54) is 4.80 Å². The normalized spacial score (nSPS) is 18.9. The number of ether oxygens (including phenoxy) is 1. The van der Waals surface area contributed by atoms with Crippen LogP contribution in [0.3, 0.4) is 0 Å². The van der Waals surface area contributed by atoms with Crippen LogP contribution in [0, 0.1) is 13.8 Å². The lowest BCUT2D eigenvalue weighted by atomic mass is 10.1. The van der Waals surface area contributed by atoms with Crippen LogP contribution in [-0.4, -0.2) is 55.0 Å². The van der Waals surface area contributed by atoms with Crippen molar-refractivity contribution < 1.29 is 9.53 Å². The van der Waals surface area contributed by atoms with Crippen molar-refractivity contribution in [3.8, 4) is 5.69 Å². The van der Waals surface area contributed by atoms with Gasteiger partial charge in [0, 0.05) is 11.6 Å². The summed E-state index contributed by atoms with van der Waals surface area (Å²) in [5.74, 6) is 0.563. The van der Waals surface area contributed by atoms with Crippen molar-refractivity contribution in [3.05, 3.63) is 70.3 Å². The number of aromatic nitrogens is 5. The van der Waals surface area contributed by atoms with Crippen molar-refractivity contribution in [1.29, 1.82) is 0 Å². The maximum Gasteiger partial charge on any atom is 0.256 e. The summed E-state index contributed by atoms with van der Waals surface area (Å²) in [7, 11) is 0. The van der Waals surface area contributed by atoms with Gasteiger partial charge in [0.1, 0.15) is 11.9 Å². The number of aromatic amines is 1. The average molecular weight is 451 g/mol. The van der Waals surface area contributed by atoms with E-state index in [-0.39, 0.29) is 18.1 Å². The molecule has 0 aliphatic carbocycles. The van der Waals surface area contributed by atoms with Gasteiger partial charge >= 0.3 is 0 Å². The maximum absolute atomic E-state index is 13.9. The number of morpholine rings is 1. The van der Waals surface area contributed by atoms with Gasteiger partial charge in [-0.05, 0) is 50.6 Å². The zero-order valence-corrected chi connectivity index (χ0v) is 18.8. The molecule has 3 heterocycles. The van der Waals surface area contributed by atoms with E-state index < -0.39 is 0 Å². The number of H-pyrrole nitrogens is 1. The van der Waals surface area contributed by atoms with Gasteiger partial charge < -0.3 is 14.6 Å². The molecule has 4 aromatic rings. The van der Waals surface area contributed by atoms with E-state index in [1.54, 1.807) is 12.4 Å². The number of imidazole rings is 1. The Kier molecular flexibility index (Phi) is 5.19. The highest BCUT2D eigenvalue weighted by atomic mass is 35.5. The standard InChI is InChI=1S/C23H23ClN6O2/c1-13-4-7-19(30-25-8-9-26-30)16(10-13)23(31)29-11-14(2)32-12-20(29)22-27-18-6-5-17(24)15(3)21(18)28-22/h4-10,14,20H,11-12H2,1-3H3,(H,27,28)/t14-,20-/m1/s1. The van der Waals surface area contributed by atoms with Crippen molar-refractivity contribution in [2.75, 3.05) is 13.2 Å². The Morgan fingerprint density at radius 2 is 1.97 bits per heavy atom. The number of carbonyl (C=O) groups excluding carboxylic acids is 1. The van der Waals surface area contributed by atoms with Crippen molar-refractivity contribution in [2.45, 2.75) is 32.9 Å². The highest BCUT2D eigenvalue weighted by Crippen LogP contribution is 2.31. The minimum Gasteiger partial charge on any atom is -0.374 e. The topological polar surface area (TPSA) is 88.9 Å². The predicted octanol–water partition coefficient (Wildman–Crippen LogP) is 4.02. The number of amides is 1. The first kappa shape index (κ1) is 20.7. The first-order valence-corrected chi connectivity index (χ1v) is 10.8. The third-order valence-electron chi connectivity index (χ3n) is 5.82. The Morgan fingerprint density at radius 3 is 2.75 bits per heavy atom. The summed E-state index contributed by atoms with van der Waals surface area (Å²) in [6, 6.07) is 9.08. The second-order valence-corrected chi connectivity index (χ2v) is 8.55. The number of benzene rings is 2. The predicted molar refractivity (Wildman–Crippen MR) is 121 cm³/mol. The number of aryl methyl sites for hydroxylation is 2. The molecule has 2 aromatic heterocycles. The number of rotatable bonds is 3. The van der Waals surface area contributed by atoms with Gasteiger partial charge in [-0.2, -0.15) is 15.0 Å². The van der Waals surface area contributed by atoms with Crippen molar-refractivity contribution in [2.24, 2.45) is 0 Å². The van der Waals surface area contributed by atoms with E-state index in [4.69, 9.17) is 21.3 Å². The molecule has 5 rings (SSSR count). The molecule has 2 aromatic carbocycles. The maximum atomic E-state index is 13.9. The first-order valence-electron chi connectivity index (χ1n) is 10.5. The van der Waals surface area contributed by atoms with Crippen LogP contribution >= 0.6 is 11.6 Å². The molecule has 0 radical (unpaired) electrons. The van der Waals surface area contributed by atoms with Crippen LogP contribution in [0.2, 0.25) is 5.02 Å². The number of nitrogens with one attached hydrogen (secondary N) is 1. The Hall–Kier alpha value is -3.23. The molecule has 1 N–H and O–H groups in total. The molecule has 1 fully saturated rings. The second kappa shape index (κ2) is 8.03. The van der Waals surface area contributed by atoms with E-state index in [9.17, 15) is 4.79 Å². The van der Waals surface area contributed by atoms with Gasteiger partial charge in [-0.25, -0.2) is 4.98 Å². The number of carbonyl (C=O) groups is 1. The van der Waals surface area contributed by atoms with Crippen molar-refractivity contribution in [3.63, 3.8) is 0 Å². The van der Waals surface area contributed by atoms with Crippen molar-refractivity contribution >= 4 is 28.5 Å². The zero-order valence-electron chi connectivity index (χ0n) is 18.0. The molecule has 8 nitrogen and oxygen atoms in total. The van der Waals surface area contributed by atoms with E-state index >= 15 is 0 Å². The van der Waals surface area contributed by atoms with Gasteiger partial charge in [-0.15, -0.1) is 0 Å². The van der Waals surface area contributed by atoms with Crippen LogP contribution in [-0.2, 0) is 4.74 Å². The van der Waals surface area contributed by atoms with Gasteiger partial charge in [0.25, 0.3) is 5.91 Å². The number of fused-ring (bicyclic) bond motifs is 1. The van der Waals surface area contributed by atoms with E-state index in [2.05, 4.69) is 15.2 Å². The third kappa shape index (κ3) is 3.55. The van der Waals surface area contributed by atoms with Gasteiger partial charge in [-0.1, -0.05) is 23.2 Å². The zero-order chi connectivity index (χ0) is 22.4. The summed E-state index contributed by atoms with van der Waals surface area (Å²) >= 11 is 6.28. The average Bonchev–Trinajstić information content (AvgIpc) is 3.46. The molecule has 1 amide bonds. The Labute approximate surface area is 190 Å². The van der Waals surface area contributed by atoms with Gasteiger partial charge in [0.15, 0.2) is 0 Å². The van der Waals surface area contributed by atoms with E-state index in [0.717, 1.165) is 22.2 Å². The summed E-state index contributed by atoms with van der Waals surface area (Å²) < 4.78 is 5.93. The van der Waals surface area contributed by atoms with E-state index in [1.807, 2.05) is 56.0 Å². The lowest BCUT2D eigenvalue weighted by Crippen LogP contribution is -2.47. The lowest BCUT2D eigenvalue weighted by molar-refractivity contribution is -0.0467. The summed E-state index contributed by atoms with van der Waals surface area (Å²) in [5.41, 5.74) is 4.74. The lowest BCUT2D eigenvalue weighted by Gasteiger charge is -2.38. The highest BCUT2D eigenvalue weighted by Gasteiger charge is 2.35. The van der Waals surface area contributed by atoms with Gasteiger partial charge in [0.05, 0.1) is 47.4 Å². The molecule has 2 atom stereocenters. The second-order valence-electron chi connectivity index (χ2n) is 8.15. The Balaban J connectivity index is 1.58.